The highest BCUT2D eigenvalue weighted by atomic mass is 79.9. The largest absolute Gasteiger partial charge is 0.462 e. The minimum atomic E-state index is -0.418. The van der Waals surface area contributed by atoms with Gasteiger partial charge in [-0.2, -0.15) is 0 Å². The van der Waals surface area contributed by atoms with Crippen LogP contribution in [-0.2, 0) is 16.1 Å². The van der Waals surface area contributed by atoms with E-state index in [9.17, 15) is 9.59 Å². The molecule has 0 radical (unpaired) electrons. The predicted molar refractivity (Wildman–Crippen MR) is 93.0 cm³/mol. The van der Waals surface area contributed by atoms with E-state index in [0.717, 1.165) is 21.4 Å². The Morgan fingerprint density at radius 2 is 1.92 bits per heavy atom. The summed E-state index contributed by atoms with van der Waals surface area (Å²) in [6, 6.07) is 7.43. The van der Waals surface area contributed by atoms with Crippen molar-refractivity contribution in [2.24, 2.45) is 0 Å². The minimum Gasteiger partial charge on any atom is -0.462 e. The van der Waals surface area contributed by atoms with Gasteiger partial charge in [0.15, 0.2) is 0 Å². The van der Waals surface area contributed by atoms with Crippen LogP contribution in [0.4, 0.5) is 10.5 Å². The number of carbonyl (C=O) groups excluding carboxylic acids is 2. The number of carbonyl (C=O) groups is 2. The van der Waals surface area contributed by atoms with Crippen LogP contribution in [0.15, 0.2) is 34.9 Å². The monoisotopic (exact) mass is 392 g/mol. The summed E-state index contributed by atoms with van der Waals surface area (Å²) in [6.45, 7) is 4.43. The summed E-state index contributed by atoms with van der Waals surface area (Å²) in [7, 11) is 0. The normalized spacial score (nSPS) is 12.4. The highest BCUT2D eigenvalue weighted by molar-refractivity contribution is 9.10. The maximum Gasteiger partial charge on any atom is 0.415 e. The molecule has 2 heterocycles. The van der Waals surface area contributed by atoms with Gasteiger partial charge >= 0.3 is 12.1 Å². The van der Waals surface area contributed by atoms with Gasteiger partial charge in [-0.25, -0.2) is 9.59 Å². The summed E-state index contributed by atoms with van der Waals surface area (Å²) < 4.78 is 12.9. The number of nitrogens with zero attached hydrogens (tertiary/aromatic N) is 2. The fraction of sp³-hybridized carbons (Fsp3) is 0.294. The summed E-state index contributed by atoms with van der Waals surface area (Å²) in [4.78, 5) is 25.8. The van der Waals surface area contributed by atoms with Crippen LogP contribution < -0.4 is 4.90 Å². The molecule has 1 aliphatic rings. The van der Waals surface area contributed by atoms with Crippen molar-refractivity contribution >= 4 is 33.7 Å². The summed E-state index contributed by atoms with van der Waals surface area (Å²) in [5.74, 6) is -0.376. The van der Waals surface area contributed by atoms with E-state index in [1.807, 2.05) is 22.8 Å². The number of halogens is 1. The van der Waals surface area contributed by atoms with Gasteiger partial charge in [-0.05, 0) is 38.1 Å². The fourth-order valence-electron chi connectivity index (χ4n) is 2.72. The van der Waals surface area contributed by atoms with Crippen molar-refractivity contribution in [1.82, 2.24) is 4.57 Å². The quantitative estimate of drug-likeness (QED) is 0.739. The van der Waals surface area contributed by atoms with Crippen molar-refractivity contribution in [2.45, 2.75) is 20.5 Å². The van der Waals surface area contributed by atoms with Crippen LogP contribution in [0.25, 0.3) is 11.3 Å². The predicted octanol–water partition coefficient (Wildman–Crippen LogP) is 4.03. The second-order valence-electron chi connectivity index (χ2n) is 5.23. The maximum absolute atomic E-state index is 12.3. The lowest BCUT2D eigenvalue weighted by molar-refractivity contribution is 0.0526. The zero-order chi connectivity index (χ0) is 17.3. The highest BCUT2D eigenvalue weighted by Gasteiger charge is 2.29. The van der Waals surface area contributed by atoms with E-state index in [2.05, 4.69) is 15.9 Å². The molecular weight excluding hydrogens is 376 g/mol. The first-order chi connectivity index (χ1) is 11.5. The van der Waals surface area contributed by atoms with Crippen molar-refractivity contribution in [3.8, 4) is 11.3 Å². The van der Waals surface area contributed by atoms with Gasteiger partial charge in [0.2, 0.25) is 0 Å². The Morgan fingerprint density at radius 3 is 2.62 bits per heavy atom. The molecule has 126 valence electrons. The molecule has 0 spiro atoms. The molecule has 0 bridgehead atoms. The number of hydrogen-bond donors (Lipinski definition) is 0. The van der Waals surface area contributed by atoms with Crippen molar-refractivity contribution < 1.29 is 19.1 Å². The molecule has 24 heavy (non-hydrogen) atoms. The van der Waals surface area contributed by atoms with E-state index in [1.165, 1.54) is 0 Å². The van der Waals surface area contributed by atoms with Gasteiger partial charge in [0.05, 0.1) is 30.2 Å². The van der Waals surface area contributed by atoms with Crippen molar-refractivity contribution in [2.75, 3.05) is 18.1 Å². The van der Waals surface area contributed by atoms with Crippen molar-refractivity contribution in [1.29, 1.82) is 0 Å². The fourth-order valence-corrected chi connectivity index (χ4v) is 3.08. The van der Waals surface area contributed by atoms with Crippen LogP contribution >= 0.6 is 15.9 Å². The first-order valence-corrected chi connectivity index (χ1v) is 8.46. The molecule has 0 saturated carbocycles. The van der Waals surface area contributed by atoms with Gasteiger partial charge in [-0.15, -0.1) is 0 Å². The van der Waals surface area contributed by atoms with E-state index in [-0.39, 0.29) is 12.6 Å². The summed E-state index contributed by atoms with van der Waals surface area (Å²) in [5.41, 5.74) is 2.91. The van der Waals surface area contributed by atoms with Crippen LogP contribution in [0.1, 0.15) is 24.2 Å². The Kier molecular flexibility index (Phi) is 4.62. The minimum absolute atomic E-state index is 0.280. The van der Waals surface area contributed by atoms with Crippen LogP contribution in [0.2, 0.25) is 0 Å². The lowest BCUT2D eigenvalue weighted by atomic mass is 10.1. The van der Waals surface area contributed by atoms with Crippen LogP contribution in [-0.4, -0.2) is 29.8 Å². The number of hydrogen-bond acceptors (Lipinski definition) is 4. The first-order valence-electron chi connectivity index (χ1n) is 7.66. The third-order valence-electron chi connectivity index (χ3n) is 3.72. The number of rotatable bonds is 3. The van der Waals surface area contributed by atoms with Gasteiger partial charge in [0.25, 0.3) is 0 Å². The van der Waals surface area contributed by atoms with Gasteiger partial charge in [0.1, 0.15) is 6.67 Å². The molecule has 1 amide bonds. The summed E-state index contributed by atoms with van der Waals surface area (Å²) >= 11 is 3.45. The molecule has 0 atom stereocenters. The zero-order valence-electron chi connectivity index (χ0n) is 13.4. The van der Waals surface area contributed by atoms with E-state index in [1.54, 1.807) is 31.0 Å². The van der Waals surface area contributed by atoms with Crippen molar-refractivity contribution in [3.63, 3.8) is 0 Å². The number of amides is 1. The molecule has 0 unspecified atom stereocenters. The second-order valence-corrected chi connectivity index (χ2v) is 6.15. The SMILES string of the molecule is CCOC(=O)c1cc2n(c1)CN(C(=O)OCC)c1ccc(Br)cc1-2. The average Bonchev–Trinajstić information content (AvgIpc) is 2.99. The number of anilines is 1. The zero-order valence-corrected chi connectivity index (χ0v) is 15.0. The van der Waals surface area contributed by atoms with Gasteiger partial charge in [0, 0.05) is 16.2 Å². The lowest BCUT2D eigenvalue weighted by Crippen LogP contribution is -2.36. The number of benzene rings is 1. The molecule has 0 fully saturated rings. The topological polar surface area (TPSA) is 60.8 Å². The molecule has 0 N–H and O–H groups in total. The van der Waals surface area contributed by atoms with Crippen LogP contribution in [0.3, 0.4) is 0 Å². The Bertz CT molecular complexity index is 800. The standard InChI is InChI=1S/C17H17BrN2O4/c1-3-23-16(21)11-7-15-13-8-12(18)5-6-14(13)20(10-19(15)9-11)17(22)24-4-2/h5-9H,3-4,10H2,1-2H3. The first kappa shape index (κ1) is 16.6. The lowest BCUT2D eigenvalue weighted by Gasteiger charge is -2.30. The molecule has 1 aliphatic heterocycles. The number of aromatic nitrogens is 1. The summed E-state index contributed by atoms with van der Waals surface area (Å²) in [5, 5.41) is 0. The van der Waals surface area contributed by atoms with E-state index < -0.39 is 6.09 Å². The molecule has 2 aromatic rings. The van der Waals surface area contributed by atoms with E-state index >= 15 is 0 Å². The molecule has 0 saturated heterocycles. The van der Waals surface area contributed by atoms with Crippen LogP contribution in [0, 0.1) is 0 Å². The molecule has 1 aromatic heterocycles. The van der Waals surface area contributed by atoms with Crippen LogP contribution in [0.5, 0.6) is 0 Å². The number of esters is 1. The van der Waals surface area contributed by atoms with Gasteiger partial charge < -0.3 is 14.0 Å². The number of ether oxygens (including phenoxy) is 2. The van der Waals surface area contributed by atoms with Gasteiger partial charge in [-0.1, -0.05) is 15.9 Å². The smallest absolute Gasteiger partial charge is 0.415 e. The highest BCUT2D eigenvalue weighted by Crippen LogP contribution is 2.39. The maximum atomic E-state index is 12.3. The Balaban J connectivity index is 2.08. The van der Waals surface area contributed by atoms with E-state index in [4.69, 9.17) is 9.47 Å². The Labute approximate surface area is 148 Å². The molecule has 1 aromatic carbocycles. The molecule has 3 rings (SSSR count). The van der Waals surface area contributed by atoms with Crippen molar-refractivity contribution in [3.05, 3.63) is 40.5 Å². The third kappa shape index (κ3) is 2.91. The molecular formula is C17H17BrN2O4. The average molecular weight is 393 g/mol. The Hall–Kier alpha value is -2.28. The summed E-state index contributed by atoms with van der Waals surface area (Å²) in [6.07, 6.45) is 1.28. The Morgan fingerprint density at radius 1 is 1.17 bits per heavy atom. The second kappa shape index (κ2) is 6.68. The number of fused-ring (bicyclic) bond motifs is 3. The molecule has 7 heteroatoms. The molecule has 0 aliphatic carbocycles. The van der Waals surface area contributed by atoms with E-state index in [0.29, 0.717) is 18.8 Å². The third-order valence-corrected chi connectivity index (χ3v) is 4.21. The molecule has 6 nitrogen and oxygen atoms in total. The van der Waals surface area contributed by atoms with Gasteiger partial charge in [-0.3, -0.25) is 4.90 Å².